The molecule has 4 nitrogen and oxygen atoms in total. The third kappa shape index (κ3) is 1.94. The van der Waals surface area contributed by atoms with E-state index in [4.69, 9.17) is 12.2 Å². The van der Waals surface area contributed by atoms with Crippen LogP contribution in [0, 0.1) is 4.77 Å². The number of rotatable bonds is 4. The van der Waals surface area contributed by atoms with Crippen molar-refractivity contribution in [3.8, 4) is 0 Å². The van der Waals surface area contributed by atoms with Crippen LogP contribution in [0.3, 0.4) is 0 Å². The van der Waals surface area contributed by atoms with Gasteiger partial charge in [-0.3, -0.25) is 9.67 Å². The lowest BCUT2D eigenvalue weighted by atomic mass is 10.2. The fourth-order valence-corrected chi connectivity index (χ4v) is 2.87. The van der Waals surface area contributed by atoms with Gasteiger partial charge >= 0.3 is 0 Å². The average molecular weight is 254 g/mol. The van der Waals surface area contributed by atoms with Gasteiger partial charge < -0.3 is 0 Å². The van der Waals surface area contributed by atoms with Crippen molar-refractivity contribution in [3.63, 3.8) is 0 Å². The van der Waals surface area contributed by atoms with Crippen molar-refractivity contribution >= 4 is 23.6 Å². The number of nitrogens with one attached hydrogen (secondary N) is 1. The van der Waals surface area contributed by atoms with Gasteiger partial charge in [-0.15, -0.1) is 11.3 Å². The Kier molecular flexibility index (Phi) is 3.50. The van der Waals surface area contributed by atoms with E-state index in [9.17, 15) is 0 Å². The van der Waals surface area contributed by atoms with E-state index in [-0.39, 0.29) is 6.04 Å². The largest absolute Gasteiger partial charge is 0.294 e. The molecule has 0 aromatic carbocycles. The normalized spacial score (nSPS) is 12.9. The predicted octanol–water partition coefficient (Wildman–Crippen LogP) is 2.96. The molecule has 86 valence electrons. The van der Waals surface area contributed by atoms with Crippen LogP contribution in [0.25, 0.3) is 0 Å². The number of aryl methyl sites for hydroxylation is 1. The van der Waals surface area contributed by atoms with Crippen LogP contribution >= 0.6 is 23.6 Å². The van der Waals surface area contributed by atoms with Crippen LogP contribution in [-0.2, 0) is 6.42 Å². The Bertz CT molecular complexity index is 497. The van der Waals surface area contributed by atoms with E-state index < -0.39 is 0 Å². The van der Waals surface area contributed by atoms with Gasteiger partial charge in [0.2, 0.25) is 0 Å². The molecule has 2 heterocycles. The van der Waals surface area contributed by atoms with Crippen LogP contribution in [0.1, 0.15) is 37.1 Å². The number of nitrogens with zero attached hydrogens (tertiary/aromatic N) is 3. The molecule has 0 bridgehead atoms. The molecule has 1 N–H and O–H groups in total. The highest BCUT2D eigenvalue weighted by molar-refractivity contribution is 7.71. The van der Waals surface area contributed by atoms with Gasteiger partial charge in [-0.25, -0.2) is 4.98 Å². The quantitative estimate of drug-likeness (QED) is 0.853. The van der Waals surface area contributed by atoms with Gasteiger partial charge in [0, 0.05) is 18.0 Å². The van der Waals surface area contributed by atoms with E-state index in [1.54, 1.807) is 11.3 Å². The summed E-state index contributed by atoms with van der Waals surface area (Å²) >= 11 is 6.94. The molecular formula is C10H14N4S2. The Hall–Kier alpha value is -1.01. The first-order valence-corrected chi connectivity index (χ1v) is 6.61. The van der Waals surface area contributed by atoms with E-state index in [1.807, 2.05) is 11.6 Å². The number of aromatic nitrogens is 4. The third-order valence-electron chi connectivity index (χ3n) is 2.53. The van der Waals surface area contributed by atoms with Crippen LogP contribution in [0.4, 0.5) is 0 Å². The Morgan fingerprint density at radius 1 is 1.56 bits per heavy atom. The van der Waals surface area contributed by atoms with Crippen molar-refractivity contribution in [1.82, 2.24) is 19.7 Å². The highest BCUT2D eigenvalue weighted by Gasteiger charge is 2.18. The molecule has 6 heteroatoms. The minimum Gasteiger partial charge on any atom is -0.294 e. The fourth-order valence-electron chi connectivity index (χ4n) is 1.77. The first-order chi connectivity index (χ1) is 7.77. The van der Waals surface area contributed by atoms with Crippen molar-refractivity contribution in [2.24, 2.45) is 0 Å². The second-order valence-corrected chi connectivity index (χ2v) is 4.78. The van der Waals surface area contributed by atoms with Crippen LogP contribution in [-0.4, -0.2) is 19.7 Å². The summed E-state index contributed by atoms with van der Waals surface area (Å²) in [6.45, 7) is 4.22. The van der Waals surface area contributed by atoms with Gasteiger partial charge in [0.25, 0.3) is 0 Å². The summed E-state index contributed by atoms with van der Waals surface area (Å²) in [5.41, 5.74) is 0. The molecule has 0 aliphatic carbocycles. The van der Waals surface area contributed by atoms with E-state index in [1.165, 1.54) is 0 Å². The van der Waals surface area contributed by atoms with E-state index in [2.05, 4.69) is 33.6 Å². The molecule has 2 aromatic rings. The zero-order valence-corrected chi connectivity index (χ0v) is 10.9. The van der Waals surface area contributed by atoms with Gasteiger partial charge in [0.05, 0.1) is 6.04 Å². The Morgan fingerprint density at radius 2 is 2.38 bits per heavy atom. The van der Waals surface area contributed by atoms with Gasteiger partial charge in [-0.2, -0.15) is 5.10 Å². The SMILES string of the molecule is CCc1n[nH]c(=S)n1C(CC)c1nccs1. The minimum absolute atomic E-state index is 0.209. The maximum Gasteiger partial charge on any atom is 0.195 e. The van der Waals surface area contributed by atoms with E-state index in [0.717, 1.165) is 23.7 Å². The van der Waals surface area contributed by atoms with Crippen molar-refractivity contribution in [2.75, 3.05) is 0 Å². The zero-order chi connectivity index (χ0) is 11.5. The molecule has 16 heavy (non-hydrogen) atoms. The highest BCUT2D eigenvalue weighted by Crippen LogP contribution is 2.25. The first-order valence-electron chi connectivity index (χ1n) is 5.33. The van der Waals surface area contributed by atoms with Gasteiger partial charge in [0.1, 0.15) is 10.8 Å². The summed E-state index contributed by atoms with van der Waals surface area (Å²) in [7, 11) is 0. The summed E-state index contributed by atoms with van der Waals surface area (Å²) in [5.74, 6) is 0.993. The number of hydrogen-bond donors (Lipinski definition) is 1. The summed E-state index contributed by atoms with van der Waals surface area (Å²) in [5, 5.41) is 10.2. The standard InChI is InChI=1S/C10H14N4S2/c1-3-7(9-11-5-6-16-9)14-8(4-2)12-13-10(14)15/h5-7H,3-4H2,1-2H3,(H,13,15). The van der Waals surface area contributed by atoms with Crippen molar-refractivity contribution in [2.45, 2.75) is 32.7 Å². The second kappa shape index (κ2) is 4.88. The van der Waals surface area contributed by atoms with Crippen molar-refractivity contribution in [1.29, 1.82) is 0 Å². The third-order valence-corrected chi connectivity index (χ3v) is 3.69. The summed E-state index contributed by atoms with van der Waals surface area (Å²) in [6.07, 6.45) is 3.67. The molecule has 2 rings (SSSR count). The molecule has 0 aliphatic heterocycles. The molecule has 0 spiro atoms. The number of aromatic amines is 1. The van der Waals surface area contributed by atoms with E-state index in [0.29, 0.717) is 4.77 Å². The van der Waals surface area contributed by atoms with Crippen LogP contribution in [0.5, 0.6) is 0 Å². The topological polar surface area (TPSA) is 46.5 Å². The summed E-state index contributed by atoms with van der Waals surface area (Å²) < 4.78 is 2.76. The Morgan fingerprint density at radius 3 is 2.94 bits per heavy atom. The monoisotopic (exact) mass is 254 g/mol. The number of H-pyrrole nitrogens is 1. The van der Waals surface area contributed by atoms with Crippen molar-refractivity contribution in [3.05, 3.63) is 27.2 Å². The maximum atomic E-state index is 5.28. The first kappa shape index (κ1) is 11.5. The molecule has 1 unspecified atom stereocenters. The van der Waals surface area contributed by atoms with Crippen LogP contribution in [0.2, 0.25) is 0 Å². The molecule has 2 aromatic heterocycles. The van der Waals surface area contributed by atoms with Gasteiger partial charge in [0.15, 0.2) is 4.77 Å². The smallest absolute Gasteiger partial charge is 0.195 e. The Balaban J connectivity index is 2.48. The average Bonchev–Trinajstić information content (AvgIpc) is 2.91. The molecule has 0 radical (unpaired) electrons. The molecule has 1 atom stereocenters. The summed E-state index contributed by atoms with van der Waals surface area (Å²) in [4.78, 5) is 4.37. The number of thiazole rings is 1. The van der Waals surface area contributed by atoms with Gasteiger partial charge in [-0.1, -0.05) is 13.8 Å². The summed E-state index contributed by atoms with van der Waals surface area (Å²) in [6, 6.07) is 0.209. The Labute approximate surface area is 103 Å². The molecule has 0 amide bonds. The molecule has 0 fully saturated rings. The maximum absolute atomic E-state index is 5.28. The lowest BCUT2D eigenvalue weighted by molar-refractivity contribution is 0.535. The molecular weight excluding hydrogens is 240 g/mol. The van der Waals surface area contributed by atoms with Gasteiger partial charge in [-0.05, 0) is 18.6 Å². The molecule has 0 saturated heterocycles. The van der Waals surface area contributed by atoms with E-state index >= 15 is 0 Å². The lowest BCUT2D eigenvalue weighted by Crippen LogP contribution is -2.12. The molecule has 0 saturated carbocycles. The molecule has 0 aliphatic rings. The lowest BCUT2D eigenvalue weighted by Gasteiger charge is -2.15. The zero-order valence-electron chi connectivity index (χ0n) is 9.30. The highest BCUT2D eigenvalue weighted by atomic mass is 32.1. The van der Waals surface area contributed by atoms with Crippen molar-refractivity contribution < 1.29 is 0 Å². The predicted molar refractivity (Wildman–Crippen MR) is 67.3 cm³/mol. The van der Waals surface area contributed by atoms with Crippen LogP contribution < -0.4 is 0 Å². The minimum atomic E-state index is 0.209. The fraction of sp³-hybridized carbons (Fsp3) is 0.500. The second-order valence-electron chi connectivity index (χ2n) is 3.46. The number of hydrogen-bond acceptors (Lipinski definition) is 4. The van der Waals surface area contributed by atoms with Crippen LogP contribution in [0.15, 0.2) is 11.6 Å².